The molecular formula is C12H15N3O5. The van der Waals surface area contributed by atoms with E-state index in [4.69, 9.17) is 10.5 Å². The quantitative estimate of drug-likeness (QED) is 0.471. The van der Waals surface area contributed by atoms with Gasteiger partial charge in [-0.2, -0.15) is 0 Å². The molecule has 0 bridgehead atoms. The SMILES string of the molecule is CC(C)[C@](NC(=O)Oc1ccccc1)(C(N)=O)[N+](=O)[O-]. The summed E-state index contributed by atoms with van der Waals surface area (Å²) in [5, 5.41) is 13.1. The number of nitro groups is 1. The molecule has 2 amide bonds. The van der Waals surface area contributed by atoms with Crippen LogP contribution in [0.5, 0.6) is 5.75 Å². The van der Waals surface area contributed by atoms with E-state index < -0.39 is 28.5 Å². The first kappa shape index (κ1) is 15.4. The summed E-state index contributed by atoms with van der Waals surface area (Å²) in [6.45, 7) is 2.80. The summed E-state index contributed by atoms with van der Waals surface area (Å²) in [7, 11) is 0. The number of nitrogens with two attached hydrogens (primary N) is 1. The molecule has 0 aliphatic heterocycles. The molecule has 0 radical (unpaired) electrons. The molecule has 1 aromatic rings. The van der Waals surface area contributed by atoms with Crippen molar-refractivity contribution in [1.82, 2.24) is 5.32 Å². The molecule has 0 heterocycles. The van der Waals surface area contributed by atoms with Crippen molar-refractivity contribution in [3.05, 3.63) is 40.4 Å². The molecular weight excluding hydrogens is 266 g/mol. The zero-order chi connectivity index (χ0) is 15.3. The van der Waals surface area contributed by atoms with E-state index in [0.717, 1.165) is 0 Å². The number of nitrogens with one attached hydrogen (secondary N) is 1. The number of ether oxygens (including phenoxy) is 1. The van der Waals surface area contributed by atoms with Crippen molar-refractivity contribution in [2.45, 2.75) is 19.5 Å². The largest absolute Gasteiger partial charge is 0.418 e. The zero-order valence-electron chi connectivity index (χ0n) is 11.0. The Balaban J connectivity index is 2.94. The Morgan fingerprint density at radius 1 is 1.35 bits per heavy atom. The first-order valence-electron chi connectivity index (χ1n) is 5.80. The van der Waals surface area contributed by atoms with Gasteiger partial charge in [0.05, 0.1) is 10.8 Å². The van der Waals surface area contributed by atoms with E-state index in [2.05, 4.69) is 0 Å². The van der Waals surface area contributed by atoms with Gasteiger partial charge in [0, 0.05) is 0 Å². The Morgan fingerprint density at radius 3 is 2.30 bits per heavy atom. The van der Waals surface area contributed by atoms with Gasteiger partial charge in [-0.25, -0.2) is 10.1 Å². The lowest BCUT2D eigenvalue weighted by Crippen LogP contribution is -2.66. The average Bonchev–Trinajstić information content (AvgIpc) is 2.35. The maximum atomic E-state index is 11.7. The summed E-state index contributed by atoms with van der Waals surface area (Å²) >= 11 is 0. The normalized spacial score (nSPS) is 13.3. The van der Waals surface area contributed by atoms with Crippen LogP contribution in [0.4, 0.5) is 4.79 Å². The Morgan fingerprint density at radius 2 is 1.90 bits per heavy atom. The highest BCUT2D eigenvalue weighted by atomic mass is 16.6. The van der Waals surface area contributed by atoms with Crippen LogP contribution in [0.25, 0.3) is 0 Å². The molecule has 0 saturated carbocycles. The first-order chi connectivity index (χ1) is 9.30. The minimum atomic E-state index is -2.41. The predicted octanol–water partition coefficient (Wildman–Crippen LogP) is 0.889. The summed E-state index contributed by atoms with van der Waals surface area (Å²) < 4.78 is 4.86. The van der Waals surface area contributed by atoms with Gasteiger partial charge in [0.15, 0.2) is 0 Å². The van der Waals surface area contributed by atoms with Crippen LogP contribution in [0.1, 0.15) is 13.8 Å². The van der Waals surface area contributed by atoms with Crippen molar-refractivity contribution in [2.24, 2.45) is 11.7 Å². The molecule has 3 N–H and O–H groups in total. The number of primary amides is 1. The second-order valence-corrected chi connectivity index (χ2v) is 4.37. The minimum absolute atomic E-state index is 0.190. The molecule has 1 atom stereocenters. The van der Waals surface area contributed by atoms with Crippen LogP contribution in [0.3, 0.4) is 0 Å². The molecule has 1 aromatic carbocycles. The fourth-order valence-electron chi connectivity index (χ4n) is 1.61. The Bertz CT molecular complexity index is 501. The second kappa shape index (κ2) is 6.00. The number of carbonyl (C=O) groups excluding carboxylic acids is 2. The molecule has 0 aromatic heterocycles. The predicted molar refractivity (Wildman–Crippen MR) is 69.4 cm³/mol. The molecule has 8 heteroatoms. The van der Waals surface area contributed by atoms with Crippen LogP contribution in [0.2, 0.25) is 0 Å². The van der Waals surface area contributed by atoms with Gasteiger partial charge in [0.1, 0.15) is 5.75 Å². The van der Waals surface area contributed by atoms with E-state index in [9.17, 15) is 19.7 Å². The molecule has 0 unspecified atom stereocenters. The van der Waals surface area contributed by atoms with Crippen molar-refractivity contribution >= 4 is 12.0 Å². The molecule has 108 valence electrons. The van der Waals surface area contributed by atoms with Crippen molar-refractivity contribution in [3.8, 4) is 5.75 Å². The van der Waals surface area contributed by atoms with Crippen molar-refractivity contribution in [1.29, 1.82) is 0 Å². The molecule has 0 fully saturated rings. The van der Waals surface area contributed by atoms with Crippen LogP contribution in [0.15, 0.2) is 30.3 Å². The smallest absolute Gasteiger partial charge is 0.410 e. The van der Waals surface area contributed by atoms with Gasteiger partial charge in [-0.3, -0.25) is 14.9 Å². The number of hydrogen-bond acceptors (Lipinski definition) is 5. The fraction of sp³-hybridized carbons (Fsp3) is 0.333. The number of nitrogens with zero attached hydrogens (tertiary/aromatic N) is 1. The minimum Gasteiger partial charge on any atom is -0.410 e. The summed E-state index contributed by atoms with van der Waals surface area (Å²) in [6, 6.07) is 7.95. The van der Waals surface area contributed by atoms with Crippen LogP contribution < -0.4 is 15.8 Å². The lowest BCUT2D eigenvalue weighted by Gasteiger charge is -2.25. The molecule has 20 heavy (non-hydrogen) atoms. The van der Waals surface area contributed by atoms with E-state index in [-0.39, 0.29) is 5.75 Å². The van der Waals surface area contributed by atoms with Crippen LogP contribution in [0, 0.1) is 16.0 Å². The average molecular weight is 281 g/mol. The van der Waals surface area contributed by atoms with Crippen LogP contribution in [-0.4, -0.2) is 22.6 Å². The van der Waals surface area contributed by atoms with Crippen molar-refractivity contribution in [2.75, 3.05) is 0 Å². The number of benzene rings is 1. The zero-order valence-corrected chi connectivity index (χ0v) is 11.0. The van der Waals surface area contributed by atoms with Crippen molar-refractivity contribution in [3.63, 3.8) is 0 Å². The summed E-state index contributed by atoms with van der Waals surface area (Å²) in [5.41, 5.74) is 2.65. The summed E-state index contributed by atoms with van der Waals surface area (Å²) in [5.74, 6) is -1.92. The van der Waals surface area contributed by atoms with Gasteiger partial charge >= 0.3 is 17.7 Å². The standard InChI is InChI=1S/C12H15N3O5/c1-8(2)12(10(13)16,15(18)19)14-11(17)20-9-6-4-3-5-7-9/h3-8H,1-2H3,(H2,13,16)(H,14,17)/t12-/m1/s1. The molecule has 0 spiro atoms. The highest BCUT2D eigenvalue weighted by Gasteiger charge is 2.54. The fourth-order valence-corrected chi connectivity index (χ4v) is 1.61. The first-order valence-corrected chi connectivity index (χ1v) is 5.80. The number of rotatable bonds is 5. The second-order valence-electron chi connectivity index (χ2n) is 4.37. The number of hydrogen-bond donors (Lipinski definition) is 2. The Labute approximate surface area is 115 Å². The lowest BCUT2D eigenvalue weighted by molar-refractivity contribution is -0.566. The van der Waals surface area contributed by atoms with E-state index in [1.54, 1.807) is 18.2 Å². The molecule has 0 saturated heterocycles. The number of para-hydroxylation sites is 1. The van der Waals surface area contributed by atoms with Gasteiger partial charge in [0.25, 0.3) is 0 Å². The van der Waals surface area contributed by atoms with Gasteiger partial charge in [-0.15, -0.1) is 0 Å². The Kier molecular flexibility index (Phi) is 4.63. The maximum absolute atomic E-state index is 11.7. The molecule has 0 aliphatic carbocycles. The third-order valence-corrected chi connectivity index (χ3v) is 2.75. The molecule has 0 aliphatic rings. The number of amides is 2. The van der Waals surface area contributed by atoms with E-state index in [1.165, 1.54) is 26.0 Å². The third-order valence-electron chi connectivity index (χ3n) is 2.75. The van der Waals surface area contributed by atoms with Crippen LogP contribution in [-0.2, 0) is 4.79 Å². The van der Waals surface area contributed by atoms with Crippen LogP contribution >= 0.6 is 0 Å². The van der Waals surface area contributed by atoms with E-state index >= 15 is 0 Å². The topological polar surface area (TPSA) is 125 Å². The molecule has 1 rings (SSSR count). The Hall–Kier alpha value is -2.64. The highest BCUT2D eigenvalue weighted by Crippen LogP contribution is 2.18. The van der Waals surface area contributed by atoms with Crippen molar-refractivity contribution < 1.29 is 19.2 Å². The van der Waals surface area contributed by atoms with Gasteiger partial charge in [-0.05, 0) is 12.1 Å². The molecule has 8 nitrogen and oxygen atoms in total. The maximum Gasteiger partial charge on any atom is 0.418 e. The van der Waals surface area contributed by atoms with E-state index in [0.29, 0.717) is 0 Å². The van der Waals surface area contributed by atoms with Gasteiger partial charge < -0.3 is 10.5 Å². The lowest BCUT2D eigenvalue weighted by atomic mass is 9.96. The summed E-state index contributed by atoms with van der Waals surface area (Å²) in [4.78, 5) is 33.3. The highest BCUT2D eigenvalue weighted by molar-refractivity contribution is 5.87. The van der Waals surface area contributed by atoms with E-state index in [1.807, 2.05) is 5.32 Å². The number of carbonyl (C=O) groups is 2. The third kappa shape index (κ3) is 3.02. The van der Waals surface area contributed by atoms with Gasteiger partial charge in [0.2, 0.25) is 0 Å². The summed E-state index contributed by atoms with van der Waals surface area (Å²) in [6.07, 6.45) is -1.12. The monoisotopic (exact) mass is 281 g/mol. The van der Waals surface area contributed by atoms with Gasteiger partial charge in [-0.1, -0.05) is 32.0 Å².